The molecule has 128 valence electrons. The van der Waals surface area contributed by atoms with Crippen molar-refractivity contribution in [2.24, 2.45) is 0 Å². The van der Waals surface area contributed by atoms with Crippen molar-refractivity contribution < 1.29 is 0 Å². The molecule has 22 heavy (non-hydrogen) atoms. The quantitative estimate of drug-likeness (QED) is 0.527. The highest BCUT2D eigenvalue weighted by molar-refractivity contribution is 7.11. The number of hydrogen-bond donors (Lipinski definition) is 0. The van der Waals surface area contributed by atoms with Gasteiger partial charge in [0.25, 0.3) is 0 Å². The molecule has 0 aliphatic rings. The molecule has 0 radical (unpaired) electrons. The lowest BCUT2D eigenvalue weighted by molar-refractivity contribution is 1.14. The highest BCUT2D eigenvalue weighted by atomic mass is 32.1. The fraction of sp³-hybridized carbons (Fsp3) is 0.524. The van der Waals surface area contributed by atoms with E-state index in [-0.39, 0.29) is 7.43 Å². The second kappa shape index (κ2) is 18.0. The van der Waals surface area contributed by atoms with E-state index in [1.54, 1.807) is 0 Å². The summed E-state index contributed by atoms with van der Waals surface area (Å²) in [6.45, 7) is 16.6. The van der Waals surface area contributed by atoms with Crippen LogP contribution in [0.15, 0.2) is 36.4 Å². The van der Waals surface area contributed by atoms with Crippen molar-refractivity contribution in [3.63, 3.8) is 0 Å². The summed E-state index contributed by atoms with van der Waals surface area (Å²) in [6, 6.07) is 13.0. The lowest BCUT2D eigenvalue weighted by Gasteiger charge is -1.94. The Balaban J connectivity index is -0.000000259. The molecule has 0 atom stereocenters. The Morgan fingerprint density at radius 2 is 1.23 bits per heavy atom. The van der Waals surface area contributed by atoms with Crippen LogP contribution in [0.5, 0.6) is 0 Å². The summed E-state index contributed by atoms with van der Waals surface area (Å²) in [4.78, 5) is 2.91. The normalized spacial score (nSPS) is 8.00. The van der Waals surface area contributed by atoms with Crippen LogP contribution >= 0.6 is 11.3 Å². The Hall–Kier alpha value is -1.08. The van der Waals surface area contributed by atoms with Crippen molar-refractivity contribution >= 4 is 11.3 Å². The zero-order valence-electron chi connectivity index (χ0n) is 15.3. The maximum atomic E-state index is 2.19. The molecule has 1 heterocycles. The summed E-state index contributed by atoms with van der Waals surface area (Å²) >= 11 is 1.89. The van der Waals surface area contributed by atoms with E-state index in [0.717, 1.165) is 6.42 Å². The first-order chi connectivity index (χ1) is 10.2. The third-order valence-corrected chi connectivity index (χ3v) is 3.82. The first-order valence-corrected chi connectivity index (χ1v) is 9.08. The van der Waals surface area contributed by atoms with Crippen molar-refractivity contribution in [2.45, 2.75) is 75.7 Å². The third-order valence-electron chi connectivity index (χ3n) is 2.67. The van der Waals surface area contributed by atoms with Crippen molar-refractivity contribution in [2.75, 3.05) is 0 Å². The maximum absolute atomic E-state index is 2.19. The summed E-state index contributed by atoms with van der Waals surface area (Å²) in [7, 11) is 0. The van der Waals surface area contributed by atoms with Gasteiger partial charge in [-0.3, -0.25) is 0 Å². The molecule has 0 spiro atoms. The van der Waals surface area contributed by atoms with Gasteiger partial charge in [-0.25, -0.2) is 0 Å². The Bertz CT molecular complexity index is 423. The van der Waals surface area contributed by atoms with E-state index in [2.05, 4.69) is 64.1 Å². The predicted molar refractivity (Wildman–Crippen MR) is 108 cm³/mol. The van der Waals surface area contributed by atoms with E-state index < -0.39 is 0 Å². The zero-order valence-corrected chi connectivity index (χ0v) is 16.1. The number of thiophene rings is 1. The fourth-order valence-corrected chi connectivity index (χ4v) is 2.33. The minimum absolute atomic E-state index is 0. The van der Waals surface area contributed by atoms with Gasteiger partial charge in [0.2, 0.25) is 0 Å². The average molecular weight is 323 g/mol. The summed E-state index contributed by atoms with van der Waals surface area (Å²) in [5, 5.41) is 0. The van der Waals surface area contributed by atoms with E-state index in [9.17, 15) is 0 Å². The molecule has 0 aliphatic carbocycles. The second-order valence-electron chi connectivity index (χ2n) is 4.21. The number of hydrogen-bond acceptors (Lipinski definition) is 1. The first-order valence-electron chi connectivity index (χ1n) is 8.26. The lowest BCUT2D eigenvalue weighted by atomic mass is 10.1. The Morgan fingerprint density at radius 3 is 1.50 bits per heavy atom. The minimum Gasteiger partial charge on any atom is -0.146 e. The van der Waals surface area contributed by atoms with Gasteiger partial charge in [-0.15, -0.1) is 11.3 Å². The van der Waals surface area contributed by atoms with Crippen LogP contribution in [0.25, 0.3) is 0 Å². The molecule has 0 saturated heterocycles. The van der Waals surface area contributed by atoms with E-state index in [4.69, 9.17) is 0 Å². The van der Waals surface area contributed by atoms with Crippen LogP contribution in [0.2, 0.25) is 0 Å². The van der Waals surface area contributed by atoms with Gasteiger partial charge in [0.05, 0.1) is 0 Å². The second-order valence-corrected chi connectivity index (χ2v) is 5.58. The fourth-order valence-electron chi connectivity index (χ4n) is 1.50. The van der Waals surface area contributed by atoms with E-state index in [1.165, 1.54) is 27.3 Å². The van der Waals surface area contributed by atoms with Crippen LogP contribution in [0.3, 0.4) is 0 Å². The molecule has 2 aromatic rings. The Morgan fingerprint density at radius 1 is 0.727 bits per heavy atom. The molecular weight excluding hydrogens is 284 g/mol. The topological polar surface area (TPSA) is 0 Å². The monoisotopic (exact) mass is 322 g/mol. The molecule has 2 rings (SSSR count). The molecule has 0 saturated carbocycles. The highest BCUT2D eigenvalue weighted by Crippen LogP contribution is 2.14. The van der Waals surface area contributed by atoms with Crippen LogP contribution in [-0.2, 0) is 12.8 Å². The molecular formula is C21H38S. The van der Waals surface area contributed by atoms with Crippen molar-refractivity contribution in [3.8, 4) is 0 Å². The number of benzene rings is 1. The van der Waals surface area contributed by atoms with Crippen LogP contribution in [0.1, 0.15) is 69.9 Å². The van der Waals surface area contributed by atoms with Gasteiger partial charge in [-0.05, 0) is 44.4 Å². The zero-order chi connectivity index (χ0) is 16.7. The van der Waals surface area contributed by atoms with Crippen LogP contribution in [-0.4, -0.2) is 0 Å². The smallest absolute Gasteiger partial charge is 0.00453 e. The largest absolute Gasteiger partial charge is 0.146 e. The molecule has 0 nitrogen and oxygen atoms in total. The van der Waals surface area contributed by atoms with E-state index in [0.29, 0.717) is 0 Å². The van der Waals surface area contributed by atoms with Crippen molar-refractivity contribution in [3.05, 3.63) is 57.3 Å². The predicted octanol–water partition coefficient (Wildman–Crippen LogP) is 7.86. The molecule has 1 heteroatoms. The van der Waals surface area contributed by atoms with E-state index in [1.807, 2.05) is 39.0 Å². The van der Waals surface area contributed by atoms with Crippen LogP contribution in [0.4, 0.5) is 0 Å². The molecule has 1 aromatic carbocycles. The molecule has 0 unspecified atom stereocenters. The summed E-state index contributed by atoms with van der Waals surface area (Å²) < 4.78 is 0. The van der Waals surface area contributed by atoms with Crippen LogP contribution < -0.4 is 0 Å². The number of rotatable bonds is 2. The van der Waals surface area contributed by atoms with Crippen LogP contribution in [0, 0.1) is 13.8 Å². The molecule has 0 fully saturated rings. The summed E-state index contributed by atoms with van der Waals surface area (Å²) in [6.07, 6.45) is 2.32. The molecule has 0 aliphatic heterocycles. The van der Waals surface area contributed by atoms with Gasteiger partial charge in [0, 0.05) is 9.75 Å². The lowest BCUT2D eigenvalue weighted by Crippen LogP contribution is -1.77. The Kier molecular flexibility index (Phi) is 21.1. The standard InChI is InChI=1S/C9H12.C7H10S.2C2H6.CH4/c1-3-9-6-4-8(2)5-7-9;1-3-7-5-4-6(2)8-7;2*1-2;/h4-7H,3H2,1-2H3;4-5H,3H2,1-2H3;2*1-2H3;1H4. The van der Waals surface area contributed by atoms with Gasteiger partial charge in [-0.1, -0.05) is 78.8 Å². The molecule has 0 N–H and O–H groups in total. The van der Waals surface area contributed by atoms with Gasteiger partial charge in [0.15, 0.2) is 0 Å². The maximum Gasteiger partial charge on any atom is 0.00453 e. The van der Waals surface area contributed by atoms with Gasteiger partial charge in [0.1, 0.15) is 0 Å². The van der Waals surface area contributed by atoms with Crippen molar-refractivity contribution in [1.29, 1.82) is 0 Å². The van der Waals surface area contributed by atoms with Gasteiger partial charge < -0.3 is 0 Å². The number of aryl methyl sites for hydroxylation is 4. The third kappa shape index (κ3) is 12.6. The van der Waals surface area contributed by atoms with Gasteiger partial charge in [-0.2, -0.15) is 0 Å². The van der Waals surface area contributed by atoms with E-state index >= 15 is 0 Å². The Labute approximate surface area is 144 Å². The average Bonchev–Trinajstić information content (AvgIpc) is 2.98. The molecule has 0 bridgehead atoms. The summed E-state index contributed by atoms with van der Waals surface area (Å²) in [5.41, 5.74) is 2.76. The first kappa shape index (κ1) is 25.9. The van der Waals surface area contributed by atoms with Gasteiger partial charge >= 0.3 is 0 Å². The molecule has 0 amide bonds. The highest BCUT2D eigenvalue weighted by Gasteiger charge is 1.89. The SMILES string of the molecule is C.CC.CC.CCc1ccc(C)cc1.CCc1ccc(C)s1. The summed E-state index contributed by atoms with van der Waals surface area (Å²) in [5.74, 6) is 0. The molecule has 1 aromatic heterocycles. The minimum atomic E-state index is 0. The van der Waals surface area contributed by atoms with Crippen molar-refractivity contribution in [1.82, 2.24) is 0 Å².